The number of pyridine rings is 1. The molecule has 0 spiro atoms. The minimum Gasteiger partial charge on any atom is -0.362 e. The summed E-state index contributed by atoms with van der Waals surface area (Å²) in [6, 6.07) is 19.7. The first kappa shape index (κ1) is 21.8. The van der Waals surface area contributed by atoms with Gasteiger partial charge in [0.05, 0.1) is 5.69 Å². The number of nitrogens with zero attached hydrogens (tertiary/aromatic N) is 1. The van der Waals surface area contributed by atoms with Gasteiger partial charge in [-0.25, -0.2) is 4.39 Å². The molecule has 0 unspecified atom stereocenters. The average Bonchev–Trinajstić information content (AvgIpc) is 2.85. The summed E-state index contributed by atoms with van der Waals surface area (Å²) in [6.07, 6.45) is 4.37. The number of aromatic nitrogens is 1. The minimum absolute atomic E-state index is 0.000137. The Morgan fingerprint density at radius 3 is 2.47 bits per heavy atom. The van der Waals surface area contributed by atoms with Crippen LogP contribution in [0.15, 0.2) is 102 Å². The third kappa shape index (κ3) is 4.03. The highest BCUT2D eigenvalue weighted by atomic mass is 19.1. The number of carbonyl (C=O) groups is 2. The number of carbonyl (C=O) groups excluding carboxylic acids is 2. The summed E-state index contributed by atoms with van der Waals surface area (Å²) in [5.41, 5.74) is 4.41. The third-order valence-corrected chi connectivity index (χ3v) is 6.48. The van der Waals surface area contributed by atoms with Gasteiger partial charge in [-0.05, 0) is 48.6 Å². The van der Waals surface area contributed by atoms with E-state index >= 15 is 0 Å². The highest BCUT2D eigenvalue weighted by molar-refractivity contribution is 6.10. The molecular weight excluding hydrogens is 429 g/mol. The van der Waals surface area contributed by atoms with Crippen molar-refractivity contribution >= 4 is 17.4 Å². The molecule has 1 amide bonds. The zero-order valence-electron chi connectivity index (χ0n) is 18.7. The van der Waals surface area contributed by atoms with Gasteiger partial charge in [0.2, 0.25) is 0 Å². The second-order valence-electron chi connectivity index (χ2n) is 8.65. The van der Waals surface area contributed by atoms with E-state index in [2.05, 4.69) is 15.6 Å². The van der Waals surface area contributed by atoms with Crippen LogP contribution in [0.5, 0.6) is 0 Å². The maximum atomic E-state index is 14.2. The van der Waals surface area contributed by atoms with Gasteiger partial charge in [0.1, 0.15) is 5.82 Å². The first-order valence-electron chi connectivity index (χ1n) is 11.3. The molecule has 0 saturated carbocycles. The first-order chi connectivity index (χ1) is 16.5. The Bertz CT molecular complexity index is 1320. The molecule has 170 valence electrons. The second-order valence-corrected chi connectivity index (χ2v) is 8.65. The number of para-hydroxylation sites is 1. The summed E-state index contributed by atoms with van der Waals surface area (Å²) in [5, 5.41) is 6.03. The molecule has 5 rings (SSSR count). The topological polar surface area (TPSA) is 71.1 Å². The van der Waals surface area contributed by atoms with Gasteiger partial charge in [0, 0.05) is 47.3 Å². The quantitative estimate of drug-likeness (QED) is 0.568. The summed E-state index contributed by atoms with van der Waals surface area (Å²) in [7, 11) is 0. The molecule has 5 nitrogen and oxygen atoms in total. The highest BCUT2D eigenvalue weighted by Gasteiger charge is 2.41. The number of rotatable bonds is 4. The number of halogens is 1. The van der Waals surface area contributed by atoms with Crippen LogP contribution in [0.3, 0.4) is 0 Å². The third-order valence-electron chi connectivity index (χ3n) is 6.48. The Hall–Kier alpha value is -4.06. The smallest absolute Gasteiger partial charge is 0.254 e. The van der Waals surface area contributed by atoms with Crippen LogP contribution in [-0.4, -0.2) is 16.7 Å². The van der Waals surface area contributed by atoms with Gasteiger partial charge in [-0.15, -0.1) is 0 Å². The molecule has 1 aliphatic heterocycles. The van der Waals surface area contributed by atoms with Crippen LogP contribution in [0.4, 0.5) is 10.1 Å². The Morgan fingerprint density at radius 2 is 1.74 bits per heavy atom. The summed E-state index contributed by atoms with van der Waals surface area (Å²) < 4.78 is 14.2. The van der Waals surface area contributed by atoms with Crippen molar-refractivity contribution in [2.45, 2.75) is 31.6 Å². The number of anilines is 1. The molecule has 2 heterocycles. The number of nitrogens with one attached hydrogen (secondary N) is 2. The lowest BCUT2D eigenvalue weighted by Gasteiger charge is -2.37. The van der Waals surface area contributed by atoms with E-state index in [4.69, 9.17) is 0 Å². The predicted molar refractivity (Wildman–Crippen MR) is 128 cm³/mol. The van der Waals surface area contributed by atoms with Gasteiger partial charge in [-0.2, -0.15) is 0 Å². The number of ketones is 1. The van der Waals surface area contributed by atoms with Crippen LogP contribution in [0.1, 0.15) is 42.7 Å². The fraction of sp³-hybridized carbons (Fsp3) is 0.179. The fourth-order valence-corrected chi connectivity index (χ4v) is 4.93. The molecule has 0 fully saturated rings. The van der Waals surface area contributed by atoms with Crippen LogP contribution < -0.4 is 10.6 Å². The maximum Gasteiger partial charge on any atom is 0.254 e. The number of benzene rings is 2. The molecule has 34 heavy (non-hydrogen) atoms. The van der Waals surface area contributed by atoms with Crippen LogP contribution >= 0.6 is 0 Å². The van der Waals surface area contributed by atoms with Gasteiger partial charge < -0.3 is 10.6 Å². The largest absolute Gasteiger partial charge is 0.362 e. The monoisotopic (exact) mass is 453 g/mol. The maximum absolute atomic E-state index is 14.2. The van der Waals surface area contributed by atoms with E-state index in [1.807, 2.05) is 43.3 Å². The fourth-order valence-electron chi connectivity index (χ4n) is 4.93. The van der Waals surface area contributed by atoms with E-state index in [-0.39, 0.29) is 17.4 Å². The number of dihydropyridines is 1. The van der Waals surface area contributed by atoms with E-state index in [9.17, 15) is 14.0 Å². The molecule has 1 aliphatic carbocycles. The summed E-state index contributed by atoms with van der Waals surface area (Å²) >= 11 is 0. The van der Waals surface area contributed by atoms with E-state index in [0.717, 1.165) is 16.8 Å². The van der Waals surface area contributed by atoms with Gasteiger partial charge in [-0.1, -0.05) is 48.5 Å². The van der Waals surface area contributed by atoms with E-state index in [1.165, 1.54) is 12.1 Å². The molecule has 0 radical (unpaired) electrons. The second kappa shape index (κ2) is 9.06. The van der Waals surface area contributed by atoms with Crippen molar-refractivity contribution in [3.63, 3.8) is 0 Å². The van der Waals surface area contributed by atoms with Crippen LogP contribution in [0, 0.1) is 5.82 Å². The van der Waals surface area contributed by atoms with E-state index < -0.39 is 17.6 Å². The molecular formula is C28H24FN3O2. The molecule has 3 aromatic rings. The molecule has 2 N–H and O–H groups in total. The molecule has 2 aromatic carbocycles. The molecule has 6 heteroatoms. The van der Waals surface area contributed by atoms with Crippen LogP contribution in [0.2, 0.25) is 0 Å². The number of amides is 1. The Kier molecular flexibility index (Phi) is 5.80. The van der Waals surface area contributed by atoms with Crippen LogP contribution in [0.25, 0.3) is 0 Å². The average molecular weight is 454 g/mol. The van der Waals surface area contributed by atoms with Crippen molar-refractivity contribution in [1.29, 1.82) is 0 Å². The Balaban J connectivity index is 1.56. The standard InChI is InChI=1S/C28H24FN3O2/c1-17-25(28(34)32-22-12-6-5-11-21(22)29)26(19-10-7-13-30-16-19)27-23(31-17)14-20(15-24(27)33)18-8-3-2-4-9-18/h2-13,16,20,26,31H,14-15H2,1H3,(H,32,34)/t20-,26-/m1/s1. The summed E-state index contributed by atoms with van der Waals surface area (Å²) in [4.78, 5) is 31.2. The number of Topliss-reactive ketones (excluding diaryl/α,β-unsaturated/α-hetero) is 1. The van der Waals surface area contributed by atoms with Gasteiger partial charge in [0.15, 0.2) is 5.78 Å². The van der Waals surface area contributed by atoms with Crippen molar-refractivity contribution in [3.8, 4) is 0 Å². The lowest BCUT2D eigenvalue weighted by atomic mass is 9.72. The van der Waals surface area contributed by atoms with Gasteiger partial charge in [-0.3, -0.25) is 14.6 Å². The van der Waals surface area contributed by atoms with Crippen molar-refractivity contribution in [2.75, 3.05) is 5.32 Å². The summed E-state index contributed by atoms with van der Waals surface area (Å²) in [6.45, 7) is 1.82. The number of allylic oxidation sites excluding steroid dienone is 3. The Morgan fingerprint density at radius 1 is 1.00 bits per heavy atom. The summed E-state index contributed by atoms with van der Waals surface area (Å²) in [5.74, 6) is -1.49. The normalized spacial score (nSPS) is 20.0. The molecule has 0 saturated heterocycles. The molecule has 2 aliphatic rings. The van der Waals surface area contributed by atoms with E-state index in [0.29, 0.717) is 29.7 Å². The number of hydrogen-bond donors (Lipinski definition) is 2. The van der Waals surface area contributed by atoms with E-state index in [1.54, 1.807) is 30.6 Å². The SMILES string of the molecule is CC1=C(C(=O)Nc2ccccc2F)[C@@H](c2cccnc2)C2=C(C[C@@H](c3ccccc3)CC2=O)N1. The predicted octanol–water partition coefficient (Wildman–Crippen LogP) is 5.22. The lowest BCUT2D eigenvalue weighted by Crippen LogP contribution is -2.37. The van der Waals surface area contributed by atoms with Gasteiger partial charge in [0.25, 0.3) is 5.91 Å². The molecule has 1 aromatic heterocycles. The van der Waals surface area contributed by atoms with Crippen molar-refractivity contribution < 1.29 is 14.0 Å². The highest BCUT2D eigenvalue weighted by Crippen LogP contribution is 2.45. The van der Waals surface area contributed by atoms with Crippen LogP contribution in [-0.2, 0) is 9.59 Å². The Labute approximate surface area is 197 Å². The first-order valence-corrected chi connectivity index (χ1v) is 11.3. The lowest BCUT2D eigenvalue weighted by molar-refractivity contribution is -0.116. The zero-order valence-corrected chi connectivity index (χ0v) is 18.7. The van der Waals surface area contributed by atoms with Gasteiger partial charge >= 0.3 is 0 Å². The molecule has 2 atom stereocenters. The number of hydrogen-bond acceptors (Lipinski definition) is 4. The van der Waals surface area contributed by atoms with Crippen molar-refractivity contribution in [2.24, 2.45) is 0 Å². The zero-order chi connectivity index (χ0) is 23.7. The van der Waals surface area contributed by atoms with Crippen molar-refractivity contribution in [3.05, 3.63) is 119 Å². The van der Waals surface area contributed by atoms with Crippen molar-refractivity contribution in [1.82, 2.24) is 10.3 Å². The minimum atomic E-state index is -0.582. The molecule has 0 bridgehead atoms.